The number of fused-ring (bicyclic) bond motifs is 1. The van der Waals surface area contributed by atoms with Gasteiger partial charge in [0.15, 0.2) is 0 Å². The summed E-state index contributed by atoms with van der Waals surface area (Å²) >= 11 is 5.95. The summed E-state index contributed by atoms with van der Waals surface area (Å²) in [5, 5.41) is 4.68. The zero-order chi connectivity index (χ0) is 21.3. The lowest BCUT2D eigenvalue weighted by molar-refractivity contribution is 0.0955. The van der Waals surface area contributed by atoms with Crippen molar-refractivity contribution in [2.45, 2.75) is 53.1 Å². The van der Waals surface area contributed by atoms with Crippen molar-refractivity contribution in [2.75, 3.05) is 4.90 Å². The highest BCUT2D eigenvalue weighted by Crippen LogP contribution is 2.41. The van der Waals surface area contributed by atoms with Crippen LogP contribution in [0.15, 0.2) is 47.6 Å². The molecular formula is C24H28ClN3O. The molecule has 0 radical (unpaired) electrons. The highest BCUT2D eigenvalue weighted by atomic mass is 35.5. The van der Waals surface area contributed by atoms with Gasteiger partial charge in [0.05, 0.1) is 11.8 Å². The molecule has 4 nitrogen and oxygen atoms in total. The van der Waals surface area contributed by atoms with Crippen LogP contribution < -0.4 is 10.3 Å². The van der Waals surface area contributed by atoms with Crippen LogP contribution in [0.25, 0.3) is 5.57 Å². The number of hydrazone groups is 1. The molecule has 2 aromatic carbocycles. The second-order valence-electron chi connectivity index (χ2n) is 8.38. The highest BCUT2D eigenvalue weighted by Gasteiger charge is 2.33. The second-order valence-corrected chi connectivity index (χ2v) is 8.82. The van der Waals surface area contributed by atoms with Gasteiger partial charge in [0, 0.05) is 27.9 Å². The molecule has 152 valence electrons. The van der Waals surface area contributed by atoms with Gasteiger partial charge < -0.3 is 4.90 Å². The van der Waals surface area contributed by atoms with E-state index in [4.69, 9.17) is 11.6 Å². The first kappa shape index (κ1) is 21.1. The Kier molecular flexibility index (Phi) is 5.85. The standard InChI is InChI=1S/C24H28ClN3O/c1-15(2)28-22-10-16(3)19(12-21(22)17(4)13-24(28,5)6)14-26-27-23(29)18-8-7-9-20(25)11-18/h7-15H,1-6H3,(H,27,29)/b26-14-. The van der Waals surface area contributed by atoms with Gasteiger partial charge in [-0.05, 0) is 88.6 Å². The molecule has 1 N–H and O–H groups in total. The largest absolute Gasteiger partial charge is 0.360 e. The van der Waals surface area contributed by atoms with Crippen molar-refractivity contribution in [1.82, 2.24) is 5.43 Å². The molecule has 3 rings (SSSR count). The summed E-state index contributed by atoms with van der Waals surface area (Å²) < 4.78 is 0. The molecule has 0 unspecified atom stereocenters. The SMILES string of the molecule is CC1=CC(C)(C)N(C(C)C)c2cc(C)c(/C=N\NC(=O)c3cccc(Cl)c3)cc21. The molecule has 1 aliphatic rings. The summed E-state index contributed by atoms with van der Waals surface area (Å²) in [4.78, 5) is 14.7. The molecule has 0 spiro atoms. The van der Waals surface area contributed by atoms with E-state index in [1.54, 1.807) is 30.5 Å². The summed E-state index contributed by atoms with van der Waals surface area (Å²) in [7, 11) is 0. The van der Waals surface area contributed by atoms with Gasteiger partial charge in [-0.15, -0.1) is 0 Å². The Labute approximate surface area is 178 Å². The zero-order valence-corrected chi connectivity index (χ0v) is 18.6. The van der Waals surface area contributed by atoms with Crippen molar-refractivity contribution in [1.29, 1.82) is 0 Å². The molecule has 0 aromatic heterocycles. The van der Waals surface area contributed by atoms with E-state index in [-0.39, 0.29) is 11.4 Å². The molecule has 0 saturated heterocycles. The van der Waals surface area contributed by atoms with Crippen LogP contribution in [-0.2, 0) is 0 Å². The van der Waals surface area contributed by atoms with Crippen LogP contribution in [0.5, 0.6) is 0 Å². The summed E-state index contributed by atoms with van der Waals surface area (Å²) in [6.07, 6.45) is 4.01. The number of hydrogen-bond donors (Lipinski definition) is 1. The fourth-order valence-electron chi connectivity index (χ4n) is 4.15. The minimum atomic E-state index is -0.289. The Morgan fingerprint density at radius 3 is 2.59 bits per heavy atom. The lowest BCUT2D eigenvalue weighted by Gasteiger charge is -2.46. The molecular weight excluding hydrogens is 382 g/mol. The monoisotopic (exact) mass is 409 g/mol. The molecule has 0 bridgehead atoms. The average Bonchev–Trinajstić information content (AvgIpc) is 2.61. The van der Waals surface area contributed by atoms with Crippen molar-refractivity contribution < 1.29 is 4.79 Å². The predicted octanol–water partition coefficient (Wildman–Crippen LogP) is 5.82. The second kappa shape index (κ2) is 8.03. The topological polar surface area (TPSA) is 44.7 Å². The first-order chi connectivity index (χ1) is 13.6. The van der Waals surface area contributed by atoms with Crippen LogP contribution in [0.4, 0.5) is 5.69 Å². The van der Waals surface area contributed by atoms with E-state index in [0.29, 0.717) is 16.6 Å². The number of nitrogens with zero attached hydrogens (tertiary/aromatic N) is 2. The van der Waals surface area contributed by atoms with Crippen molar-refractivity contribution in [3.63, 3.8) is 0 Å². The zero-order valence-electron chi connectivity index (χ0n) is 17.9. The van der Waals surface area contributed by atoms with E-state index in [1.807, 2.05) is 0 Å². The van der Waals surface area contributed by atoms with Gasteiger partial charge in [0.25, 0.3) is 5.91 Å². The number of carbonyl (C=O) groups excluding carboxylic acids is 1. The van der Waals surface area contributed by atoms with E-state index in [0.717, 1.165) is 11.1 Å². The third kappa shape index (κ3) is 4.38. The quantitative estimate of drug-likeness (QED) is 0.510. The maximum Gasteiger partial charge on any atom is 0.271 e. The maximum absolute atomic E-state index is 12.2. The predicted molar refractivity (Wildman–Crippen MR) is 123 cm³/mol. The molecule has 0 atom stereocenters. The van der Waals surface area contributed by atoms with Crippen LogP contribution in [0.2, 0.25) is 5.02 Å². The Hall–Kier alpha value is -2.59. The van der Waals surface area contributed by atoms with Crippen LogP contribution in [-0.4, -0.2) is 23.7 Å². The van der Waals surface area contributed by atoms with E-state index < -0.39 is 0 Å². The third-order valence-corrected chi connectivity index (χ3v) is 5.47. The van der Waals surface area contributed by atoms with Crippen LogP contribution >= 0.6 is 11.6 Å². The number of amides is 1. The fraction of sp³-hybridized carbons (Fsp3) is 0.333. The minimum Gasteiger partial charge on any atom is -0.360 e. The molecule has 1 aliphatic heterocycles. The molecule has 5 heteroatoms. The number of rotatable bonds is 4. The normalized spacial score (nSPS) is 15.4. The molecule has 0 saturated carbocycles. The Bertz CT molecular complexity index is 1010. The van der Waals surface area contributed by atoms with Crippen LogP contribution in [0, 0.1) is 6.92 Å². The first-order valence-electron chi connectivity index (χ1n) is 9.83. The van der Waals surface area contributed by atoms with Crippen LogP contribution in [0.1, 0.15) is 61.7 Å². The summed E-state index contributed by atoms with van der Waals surface area (Å²) in [6, 6.07) is 11.5. The summed E-state index contributed by atoms with van der Waals surface area (Å²) in [6.45, 7) is 13.1. The molecule has 0 aliphatic carbocycles. The van der Waals surface area contributed by atoms with E-state index in [2.05, 4.69) is 75.2 Å². The smallest absolute Gasteiger partial charge is 0.271 e. The molecule has 1 amide bonds. The van der Waals surface area contributed by atoms with E-state index in [1.165, 1.54) is 16.8 Å². The highest BCUT2D eigenvalue weighted by molar-refractivity contribution is 6.30. The van der Waals surface area contributed by atoms with Gasteiger partial charge in [-0.1, -0.05) is 23.7 Å². The van der Waals surface area contributed by atoms with Crippen molar-refractivity contribution in [3.8, 4) is 0 Å². The first-order valence-corrected chi connectivity index (χ1v) is 10.2. The van der Waals surface area contributed by atoms with Gasteiger partial charge in [-0.25, -0.2) is 5.43 Å². The maximum atomic E-state index is 12.2. The Morgan fingerprint density at radius 1 is 1.21 bits per heavy atom. The number of anilines is 1. The number of benzene rings is 2. The summed E-state index contributed by atoms with van der Waals surface area (Å²) in [5.41, 5.74) is 8.79. The van der Waals surface area contributed by atoms with Gasteiger partial charge in [-0.3, -0.25) is 4.79 Å². The average molecular weight is 410 g/mol. The molecule has 29 heavy (non-hydrogen) atoms. The number of halogens is 1. The third-order valence-electron chi connectivity index (χ3n) is 5.23. The van der Waals surface area contributed by atoms with Crippen molar-refractivity contribution in [2.24, 2.45) is 5.10 Å². The van der Waals surface area contributed by atoms with Gasteiger partial charge in [0.1, 0.15) is 0 Å². The lowest BCUT2D eigenvalue weighted by atomic mass is 9.86. The minimum absolute atomic E-state index is 0.0434. The lowest BCUT2D eigenvalue weighted by Crippen LogP contribution is -2.49. The number of hydrogen-bond acceptors (Lipinski definition) is 3. The fourth-order valence-corrected chi connectivity index (χ4v) is 4.34. The number of carbonyl (C=O) groups is 1. The number of allylic oxidation sites excluding steroid dienone is 1. The number of nitrogens with one attached hydrogen (secondary N) is 1. The Morgan fingerprint density at radius 2 is 1.93 bits per heavy atom. The van der Waals surface area contributed by atoms with E-state index in [9.17, 15) is 4.79 Å². The van der Waals surface area contributed by atoms with Crippen molar-refractivity contribution >= 4 is 35.0 Å². The molecule has 1 heterocycles. The van der Waals surface area contributed by atoms with E-state index >= 15 is 0 Å². The van der Waals surface area contributed by atoms with Gasteiger partial charge >= 0.3 is 0 Å². The Balaban J connectivity index is 1.88. The molecule has 2 aromatic rings. The summed E-state index contributed by atoms with van der Waals surface area (Å²) in [5.74, 6) is -0.289. The number of aryl methyl sites for hydroxylation is 1. The van der Waals surface area contributed by atoms with Gasteiger partial charge in [-0.2, -0.15) is 5.10 Å². The van der Waals surface area contributed by atoms with Crippen molar-refractivity contribution in [3.05, 3.63) is 69.8 Å². The molecule has 0 fully saturated rings. The van der Waals surface area contributed by atoms with Crippen LogP contribution in [0.3, 0.4) is 0 Å². The van der Waals surface area contributed by atoms with Gasteiger partial charge in [0.2, 0.25) is 0 Å².